The van der Waals surface area contributed by atoms with Crippen LogP contribution in [0.4, 0.5) is 0 Å². The third kappa shape index (κ3) is 6.06. The summed E-state index contributed by atoms with van der Waals surface area (Å²) in [5.41, 5.74) is 4.40. The quantitative estimate of drug-likeness (QED) is 0.287. The van der Waals surface area contributed by atoms with Gasteiger partial charge in [0.2, 0.25) is 0 Å². The highest BCUT2D eigenvalue weighted by atomic mass is 16.2. The first-order valence-electron chi connectivity index (χ1n) is 14.1. The van der Waals surface area contributed by atoms with E-state index in [1.165, 1.54) is 0 Å². The predicted octanol–water partition coefficient (Wildman–Crippen LogP) is 6.47. The summed E-state index contributed by atoms with van der Waals surface area (Å²) in [5.74, 6) is -0.264. The van der Waals surface area contributed by atoms with Crippen LogP contribution in [0.25, 0.3) is 22.3 Å². The molecule has 39 heavy (non-hydrogen) atoms. The maximum Gasteiger partial charge on any atom is 0.255 e. The molecule has 3 aromatic carbocycles. The van der Waals surface area contributed by atoms with Gasteiger partial charge in [-0.1, -0.05) is 54.6 Å². The molecule has 3 aromatic rings. The second-order valence-electron chi connectivity index (χ2n) is 9.25. The third-order valence-electron chi connectivity index (χ3n) is 7.33. The Morgan fingerprint density at radius 3 is 1.10 bits per heavy atom. The minimum Gasteiger partial charge on any atom is -0.339 e. The Bertz CT molecular complexity index is 1220. The van der Waals surface area contributed by atoms with Gasteiger partial charge in [0.25, 0.3) is 17.7 Å². The van der Waals surface area contributed by atoms with Crippen LogP contribution in [0.15, 0.2) is 66.7 Å². The van der Waals surface area contributed by atoms with Gasteiger partial charge < -0.3 is 14.7 Å². The summed E-state index contributed by atoms with van der Waals surface area (Å²) in [5, 5.41) is 0. The molecule has 0 bridgehead atoms. The zero-order valence-corrected chi connectivity index (χ0v) is 24.2. The van der Waals surface area contributed by atoms with Gasteiger partial charge in [0, 0.05) is 50.4 Å². The summed E-state index contributed by atoms with van der Waals surface area (Å²) < 4.78 is 0. The molecular weight excluding hydrogens is 486 g/mol. The van der Waals surface area contributed by atoms with Crippen LogP contribution in [0.2, 0.25) is 0 Å². The Morgan fingerprint density at radius 2 is 0.744 bits per heavy atom. The molecule has 0 atom stereocenters. The highest BCUT2D eigenvalue weighted by molar-refractivity contribution is 6.12. The molecule has 0 unspecified atom stereocenters. The summed E-state index contributed by atoms with van der Waals surface area (Å²) >= 11 is 0. The Kier molecular flexibility index (Phi) is 10.4. The van der Waals surface area contributed by atoms with E-state index in [2.05, 4.69) is 0 Å². The average molecular weight is 528 g/mol. The van der Waals surface area contributed by atoms with Crippen molar-refractivity contribution in [1.82, 2.24) is 14.7 Å². The average Bonchev–Trinajstić information content (AvgIpc) is 2.98. The lowest BCUT2D eigenvalue weighted by Crippen LogP contribution is -2.32. The van der Waals surface area contributed by atoms with Gasteiger partial charge in [-0.25, -0.2) is 0 Å². The van der Waals surface area contributed by atoms with Crippen LogP contribution >= 0.6 is 0 Å². The van der Waals surface area contributed by atoms with E-state index < -0.39 is 0 Å². The zero-order valence-electron chi connectivity index (χ0n) is 24.2. The summed E-state index contributed by atoms with van der Waals surface area (Å²) in [4.78, 5) is 46.6. The van der Waals surface area contributed by atoms with E-state index in [-0.39, 0.29) is 17.7 Å². The molecule has 0 saturated carbocycles. The maximum absolute atomic E-state index is 14.2. The number of amides is 3. The largest absolute Gasteiger partial charge is 0.339 e. The van der Waals surface area contributed by atoms with Gasteiger partial charge in [-0.05, 0) is 75.9 Å². The van der Waals surface area contributed by atoms with Crippen molar-refractivity contribution in [3.8, 4) is 22.3 Å². The van der Waals surface area contributed by atoms with Crippen molar-refractivity contribution >= 4 is 17.7 Å². The van der Waals surface area contributed by atoms with Crippen LogP contribution in [-0.4, -0.2) is 71.7 Å². The molecule has 3 rings (SSSR count). The van der Waals surface area contributed by atoms with Crippen molar-refractivity contribution < 1.29 is 14.4 Å². The van der Waals surface area contributed by atoms with Gasteiger partial charge in [-0.15, -0.1) is 0 Å². The fourth-order valence-corrected chi connectivity index (χ4v) is 5.07. The van der Waals surface area contributed by atoms with Crippen LogP contribution < -0.4 is 0 Å². The van der Waals surface area contributed by atoms with E-state index in [1.807, 2.05) is 108 Å². The second kappa shape index (κ2) is 13.7. The highest BCUT2D eigenvalue weighted by Gasteiger charge is 2.27. The first-order valence-corrected chi connectivity index (χ1v) is 14.1. The molecule has 0 radical (unpaired) electrons. The molecule has 3 amide bonds. The van der Waals surface area contributed by atoms with E-state index in [0.29, 0.717) is 78.2 Å². The molecular formula is C33H41N3O3. The van der Waals surface area contributed by atoms with Crippen molar-refractivity contribution in [3.05, 3.63) is 83.4 Å². The topological polar surface area (TPSA) is 60.9 Å². The van der Waals surface area contributed by atoms with Gasteiger partial charge in [-0.3, -0.25) is 14.4 Å². The molecule has 0 N–H and O–H groups in total. The normalized spacial score (nSPS) is 10.7. The maximum atomic E-state index is 14.2. The number of hydrogen-bond donors (Lipinski definition) is 0. The number of hydrogen-bond acceptors (Lipinski definition) is 3. The molecule has 0 aromatic heterocycles. The minimum atomic E-state index is -0.124. The molecule has 206 valence electrons. The SMILES string of the molecule is CCN(CC)C(=O)c1ccccc1-c1cccc(-c2ccccc2C(=O)N(CC)CC)c1C(=O)N(CC)CC. The molecule has 0 fully saturated rings. The molecule has 0 aliphatic carbocycles. The highest BCUT2D eigenvalue weighted by Crippen LogP contribution is 2.37. The third-order valence-corrected chi connectivity index (χ3v) is 7.33. The van der Waals surface area contributed by atoms with Crippen LogP contribution in [0, 0.1) is 0 Å². The smallest absolute Gasteiger partial charge is 0.255 e. The zero-order chi connectivity index (χ0) is 28.5. The monoisotopic (exact) mass is 527 g/mol. The Hall–Kier alpha value is -3.93. The lowest BCUT2D eigenvalue weighted by atomic mass is 9.87. The number of rotatable bonds is 11. The van der Waals surface area contributed by atoms with E-state index in [4.69, 9.17) is 0 Å². The summed E-state index contributed by atoms with van der Waals surface area (Å²) in [6.07, 6.45) is 0. The second-order valence-corrected chi connectivity index (χ2v) is 9.25. The van der Waals surface area contributed by atoms with Crippen LogP contribution in [0.3, 0.4) is 0 Å². The number of carbonyl (C=O) groups excluding carboxylic acids is 3. The van der Waals surface area contributed by atoms with Crippen LogP contribution in [0.1, 0.15) is 72.6 Å². The standard InChI is InChI=1S/C33H41N3O3/c1-7-34(8-2)31(37)28-20-15-13-18-24(28)26-22-17-23-27(30(26)33(39)36(11-5)12-6)25-19-14-16-21-29(25)32(38)35(9-3)10-4/h13-23H,7-12H2,1-6H3. The van der Waals surface area contributed by atoms with Crippen LogP contribution in [0.5, 0.6) is 0 Å². The molecule has 6 heteroatoms. The minimum absolute atomic E-state index is 0.0700. The fraction of sp³-hybridized carbons (Fsp3) is 0.364. The molecule has 6 nitrogen and oxygen atoms in total. The summed E-state index contributed by atoms with van der Waals surface area (Å²) in [6.45, 7) is 15.2. The number of carbonyl (C=O) groups is 3. The van der Waals surface area contributed by atoms with Gasteiger partial charge >= 0.3 is 0 Å². The van der Waals surface area contributed by atoms with Gasteiger partial charge in [0.1, 0.15) is 0 Å². The lowest BCUT2D eigenvalue weighted by molar-refractivity contribution is 0.0763. The Labute approximate surface area is 233 Å². The van der Waals surface area contributed by atoms with Crippen molar-refractivity contribution in [2.24, 2.45) is 0 Å². The van der Waals surface area contributed by atoms with Crippen molar-refractivity contribution in [2.75, 3.05) is 39.3 Å². The lowest BCUT2D eigenvalue weighted by Gasteiger charge is -2.26. The van der Waals surface area contributed by atoms with Gasteiger partial charge in [-0.2, -0.15) is 0 Å². The molecule has 0 aliphatic rings. The molecule has 0 spiro atoms. The summed E-state index contributed by atoms with van der Waals surface area (Å²) in [7, 11) is 0. The fourth-order valence-electron chi connectivity index (χ4n) is 5.07. The Morgan fingerprint density at radius 1 is 0.436 bits per heavy atom. The summed E-state index contributed by atoms with van der Waals surface area (Å²) in [6, 6.07) is 20.7. The van der Waals surface area contributed by atoms with E-state index in [1.54, 1.807) is 14.7 Å². The predicted molar refractivity (Wildman–Crippen MR) is 159 cm³/mol. The first-order chi connectivity index (χ1) is 18.9. The van der Waals surface area contributed by atoms with Crippen LogP contribution in [-0.2, 0) is 0 Å². The molecule has 0 aliphatic heterocycles. The van der Waals surface area contributed by atoms with Crippen molar-refractivity contribution in [2.45, 2.75) is 41.5 Å². The van der Waals surface area contributed by atoms with E-state index in [9.17, 15) is 14.4 Å². The van der Waals surface area contributed by atoms with Gasteiger partial charge in [0.15, 0.2) is 0 Å². The Balaban J connectivity index is 2.37. The van der Waals surface area contributed by atoms with E-state index >= 15 is 0 Å². The van der Waals surface area contributed by atoms with Crippen molar-refractivity contribution in [3.63, 3.8) is 0 Å². The molecule has 0 heterocycles. The first kappa shape index (κ1) is 29.6. The van der Waals surface area contributed by atoms with E-state index in [0.717, 1.165) is 0 Å². The van der Waals surface area contributed by atoms with Gasteiger partial charge in [0.05, 0.1) is 5.56 Å². The number of nitrogens with zero attached hydrogens (tertiary/aromatic N) is 3. The van der Waals surface area contributed by atoms with Crippen molar-refractivity contribution in [1.29, 1.82) is 0 Å². The molecule has 0 saturated heterocycles. The number of benzene rings is 3.